The molecule has 1 amide bonds. The number of hydrogen-bond donors (Lipinski definition) is 2. The van der Waals surface area contributed by atoms with E-state index >= 15 is 0 Å². The van der Waals surface area contributed by atoms with Crippen LogP contribution in [0.5, 0.6) is 0 Å². The maximum Gasteiger partial charge on any atom is 0.248 e. The van der Waals surface area contributed by atoms with Gasteiger partial charge in [0.25, 0.3) is 0 Å². The number of fused-ring (bicyclic) bond motifs is 1. The second-order valence-electron chi connectivity index (χ2n) is 4.28. The summed E-state index contributed by atoms with van der Waals surface area (Å²) in [4.78, 5) is 20.4. The van der Waals surface area contributed by atoms with E-state index in [1.165, 1.54) is 0 Å². The predicted molar refractivity (Wildman–Crippen MR) is 79.7 cm³/mol. The molecule has 0 fully saturated rings. The Morgan fingerprint density at radius 3 is 2.75 bits per heavy atom. The molecule has 0 unspecified atom stereocenters. The summed E-state index contributed by atoms with van der Waals surface area (Å²) in [5, 5.41) is 6.29. The van der Waals surface area contributed by atoms with Gasteiger partial charge in [0.2, 0.25) is 5.91 Å². The molecule has 5 nitrogen and oxygen atoms in total. The first-order chi connectivity index (χ1) is 9.74. The number of aromatic nitrogens is 2. The highest BCUT2D eigenvalue weighted by Gasteiger charge is 2.04. The molecule has 3 N–H and O–H groups in total. The molecule has 20 heavy (non-hydrogen) atoms. The Morgan fingerprint density at radius 2 is 2.00 bits per heavy atom. The van der Waals surface area contributed by atoms with Gasteiger partial charge in [-0.05, 0) is 29.1 Å². The van der Waals surface area contributed by atoms with Gasteiger partial charge in [-0.2, -0.15) is 0 Å². The fourth-order valence-corrected chi connectivity index (χ4v) is 2.64. The summed E-state index contributed by atoms with van der Waals surface area (Å²) in [6.45, 7) is 0.626. The Balaban J connectivity index is 1.76. The number of amides is 1. The van der Waals surface area contributed by atoms with Gasteiger partial charge < -0.3 is 11.1 Å². The van der Waals surface area contributed by atoms with E-state index in [2.05, 4.69) is 15.3 Å². The maximum absolute atomic E-state index is 11.0. The van der Waals surface area contributed by atoms with Crippen LogP contribution in [0.15, 0.2) is 42.0 Å². The van der Waals surface area contributed by atoms with E-state index in [-0.39, 0.29) is 0 Å². The Hall–Kier alpha value is -2.47. The molecule has 2 heterocycles. The number of carbonyl (C=O) groups is 1. The van der Waals surface area contributed by atoms with Crippen molar-refractivity contribution in [1.82, 2.24) is 9.97 Å². The third-order valence-corrected chi connectivity index (χ3v) is 3.78. The molecular weight excluding hydrogens is 272 g/mol. The second-order valence-corrected chi connectivity index (χ2v) is 5.17. The molecule has 0 aliphatic carbocycles. The fourth-order valence-electron chi connectivity index (χ4n) is 1.90. The number of nitrogens with zero attached hydrogens (tertiary/aromatic N) is 2. The zero-order valence-electron chi connectivity index (χ0n) is 10.5. The van der Waals surface area contributed by atoms with Crippen LogP contribution in [0.2, 0.25) is 0 Å². The van der Waals surface area contributed by atoms with Crippen molar-refractivity contribution >= 4 is 33.3 Å². The average molecular weight is 284 g/mol. The molecule has 0 aliphatic heterocycles. The summed E-state index contributed by atoms with van der Waals surface area (Å²) in [6, 6.07) is 9.19. The van der Waals surface area contributed by atoms with Gasteiger partial charge in [0.15, 0.2) is 0 Å². The van der Waals surface area contributed by atoms with Crippen LogP contribution < -0.4 is 11.1 Å². The van der Waals surface area contributed by atoms with Crippen LogP contribution in [0.25, 0.3) is 10.2 Å². The number of rotatable bonds is 4. The smallest absolute Gasteiger partial charge is 0.248 e. The quantitative estimate of drug-likeness (QED) is 0.771. The summed E-state index contributed by atoms with van der Waals surface area (Å²) in [5.41, 5.74) is 6.77. The first-order valence-electron chi connectivity index (χ1n) is 6.05. The van der Waals surface area contributed by atoms with Gasteiger partial charge in [-0.25, -0.2) is 9.97 Å². The molecule has 0 bridgehead atoms. The van der Waals surface area contributed by atoms with E-state index in [4.69, 9.17) is 5.73 Å². The number of primary amides is 1. The highest BCUT2D eigenvalue weighted by molar-refractivity contribution is 7.16. The lowest BCUT2D eigenvalue weighted by Crippen LogP contribution is -2.10. The molecule has 6 heteroatoms. The zero-order valence-corrected chi connectivity index (χ0v) is 11.4. The van der Waals surface area contributed by atoms with Crippen molar-refractivity contribution in [3.05, 3.63) is 53.2 Å². The van der Waals surface area contributed by atoms with Crippen molar-refractivity contribution in [2.45, 2.75) is 6.54 Å². The summed E-state index contributed by atoms with van der Waals surface area (Å²) < 4.78 is 0. The van der Waals surface area contributed by atoms with Crippen LogP contribution in [0.3, 0.4) is 0 Å². The minimum atomic E-state index is -0.416. The van der Waals surface area contributed by atoms with Crippen molar-refractivity contribution < 1.29 is 4.79 Å². The minimum Gasteiger partial charge on any atom is -0.366 e. The van der Waals surface area contributed by atoms with E-state index in [1.54, 1.807) is 29.8 Å². The van der Waals surface area contributed by atoms with Crippen LogP contribution in [0.4, 0.5) is 5.82 Å². The van der Waals surface area contributed by atoms with E-state index in [1.807, 2.05) is 23.6 Å². The summed E-state index contributed by atoms with van der Waals surface area (Å²) in [5.74, 6) is 0.399. The molecule has 0 radical (unpaired) electrons. The van der Waals surface area contributed by atoms with Crippen molar-refractivity contribution in [1.29, 1.82) is 0 Å². The molecular formula is C14H12N4OS. The van der Waals surface area contributed by atoms with Crippen LogP contribution in [-0.4, -0.2) is 15.9 Å². The number of benzene rings is 1. The Labute approximate surface area is 119 Å². The maximum atomic E-state index is 11.0. The van der Waals surface area contributed by atoms with Gasteiger partial charge in [-0.1, -0.05) is 12.1 Å². The number of nitrogens with one attached hydrogen (secondary N) is 1. The SMILES string of the molecule is NC(=O)c1ccc(CNc2ncnc3sccc23)cc1. The van der Waals surface area contributed by atoms with Crippen molar-refractivity contribution in [3.8, 4) is 0 Å². The van der Waals surface area contributed by atoms with E-state index in [9.17, 15) is 4.79 Å². The van der Waals surface area contributed by atoms with E-state index < -0.39 is 5.91 Å². The van der Waals surface area contributed by atoms with E-state index in [0.29, 0.717) is 12.1 Å². The lowest BCUT2D eigenvalue weighted by atomic mass is 10.1. The number of anilines is 1. The van der Waals surface area contributed by atoms with Crippen LogP contribution in [-0.2, 0) is 6.54 Å². The minimum absolute atomic E-state index is 0.416. The lowest BCUT2D eigenvalue weighted by Gasteiger charge is -2.07. The molecule has 0 saturated carbocycles. The molecule has 0 atom stereocenters. The topological polar surface area (TPSA) is 80.9 Å². The third kappa shape index (κ3) is 2.46. The molecule has 1 aromatic carbocycles. The predicted octanol–water partition coefficient (Wildman–Crippen LogP) is 2.40. The molecule has 0 saturated heterocycles. The van der Waals surface area contributed by atoms with Gasteiger partial charge >= 0.3 is 0 Å². The Kier molecular flexibility index (Phi) is 3.30. The first kappa shape index (κ1) is 12.6. The first-order valence-corrected chi connectivity index (χ1v) is 6.93. The van der Waals surface area contributed by atoms with Crippen LogP contribution in [0.1, 0.15) is 15.9 Å². The third-order valence-electron chi connectivity index (χ3n) is 2.96. The van der Waals surface area contributed by atoms with Gasteiger partial charge in [-0.3, -0.25) is 4.79 Å². The largest absolute Gasteiger partial charge is 0.366 e. The van der Waals surface area contributed by atoms with Crippen molar-refractivity contribution in [3.63, 3.8) is 0 Å². The second kappa shape index (κ2) is 5.26. The van der Waals surface area contributed by atoms with Crippen molar-refractivity contribution in [2.24, 2.45) is 5.73 Å². The highest BCUT2D eigenvalue weighted by atomic mass is 32.1. The molecule has 0 spiro atoms. The number of carbonyl (C=O) groups excluding carboxylic acids is 1. The Morgan fingerprint density at radius 1 is 1.20 bits per heavy atom. The lowest BCUT2D eigenvalue weighted by molar-refractivity contribution is 0.100. The standard InChI is InChI=1S/C14H12N4OS/c15-12(19)10-3-1-9(2-4-10)7-16-13-11-5-6-20-14(11)18-8-17-13/h1-6,8H,7H2,(H2,15,19)(H,16,17,18). The van der Waals surface area contributed by atoms with Crippen LogP contribution >= 0.6 is 11.3 Å². The van der Waals surface area contributed by atoms with Gasteiger partial charge in [0, 0.05) is 12.1 Å². The van der Waals surface area contributed by atoms with Gasteiger partial charge in [0.05, 0.1) is 5.39 Å². The summed E-state index contributed by atoms with van der Waals surface area (Å²) >= 11 is 1.59. The number of nitrogens with two attached hydrogens (primary N) is 1. The van der Waals surface area contributed by atoms with Crippen LogP contribution in [0, 0.1) is 0 Å². The highest BCUT2D eigenvalue weighted by Crippen LogP contribution is 2.24. The van der Waals surface area contributed by atoms with Crippen molar-refractivity contribution in [2.75, 3.05) is 5.32 Å². The molecule has 0 aliphatic rings. The molecule has 100 valence electrons. The number of thiophene rings is 1. The average Bonchev–Trinajstić information content (AvgIpc) is 2.94. The zero-order chi connectivity index (χ0) is 13.9. The fraction of sp³-hybridized carbons (Fsp3) is 0.0714. The summed E-state index contributed by atoms with van der Waals surface area (Å²) in [6.07, 6.45) is 1.55. The van der Waals surface area contributed by atoms with E-state index in [0.717, 1.165) is 21.6 Å². The van der Waals surface area contributed by atoms with Gasteiger partial charge in [0.1, 0.15) is 17.0 Å². The monoisotopic (exact) mass is 284 g/mol. The number of hydrogen-bond acceptors (Lipinski definition) is 5. The molecule has 2 aromatic heterocycles. The summed E-state index contributed by atoms with van der Waals surface area (Å²) in [7, 11) is 0. The Bertz CT molecular complexity index is 751. The molecule has 3 aromatic rings. The molecule has 3 rings (SSSR count). The normalized spacial score (nSPS) is 10.6. The van der Waals surface area contributed by atoms with Gasteiger partial charge in [-0.15, -0.1) is 11.3 Å².